The topological polar surface area (TPSA) is 0 Å². The minimum absolute atomic E-state index is 0.294. The monoisotopic (exact) mass is 450 g/mol. The highest BCUT2D eigenvalue weighted by Gasteiger charge is 2.11. The van der Waals surface area contributed by atoms with Gasteiger partial charge in [0.1, 0.15) is 0 Å². The average Bonchev–Trinajstić information content (AvgIpc) is 2.33. The van der Waals surface area contributed by atoms with E-state index in [0.29, 0.717) is 10.2 Å². The molecule has 0 aliphatic heterocycles. The SMILES string of the molecule is CCCCCCCCC(I)CCCC(Cl)C(C)Br. The Morgan fingerprint density at radius 2 is 1.50 bits per heavy atom. The van der Waals surface area contributed by atoms with Crippen molar-refractivity contribution in [3.8, 4) is 0 Å². The van der Waals surface area contributed by atoms with Crippen LogP contribution in [-0.4, -0.2) is 14.1 Å². The molecule has 0 bridgehead atoms. The molecule has 0 N–H and O–H groups in total. The Kier molecular flexibility index (Phi) is 14.6. The second kappa shape index (κ2) is 13.5. The number of hydrogen-bond acceptors (Lipinski definition) is 0. The lowest BCUT2D eigenvalue weighted by atomic mass is 10.0. The molecule has 0 spiro atoms. The van der Waals surface area contributed by atoms with E-state index in [0.717, 1.165) is 10.3 Å². The first-order valence-electron chi connectivity index (χ1n) is 7.50. The molecular weight excluding hydrogens is 422 g/mol. The summed E-state index contributed by atoms with van der Waals surface area (Å²) in [5.41, 5.74) is 0. The number of alkyl halides is 3. The minimum atomic E-state index is 0.294. The fourth-order valence-electron chi connectivity index (χ4n) is 2.05. The zero-order chi connectivity index (χ0) is 13.8. The molecule has 0 saturated heterocycles. The summed E-state index contributed by atoms with van der Waals surface area (Å²) in [5, 5.41) is 0.294. The second-order valence-corrected chi connectivity index (χ2v) is 9.04. The van der Waals surface area contributed by atoms with E-state index < -0.39 is 0 Å². The van der Waals surface area contributed by atoms with Gasteiger partial charge in [0.05, 0.1) is 0 Å². The fraction of sp³-hybridized carbons (Fsp3) is 1.00. The quantitative estimate of drug-likeness (QED) is 0.169. The van der Waals surface area contributed by atoms with Gasteiger partial charge in [-0.05, 0) is 19.3 Å². The lowest BCUT2D eigenvalue weighted by molar-refractivity contribution is 0.561. The average molecular weight is 452 g/mol. The van der Waals surface area contributed by atoms with Crippen molar-refractivity contribution < 1.29 is 0 Å². The molecule has 110 valence electrons. The third kappa shape index (κ3) is 12.5. The summed E-state index contributed by atoms with van der Waals surface area (Å²) < 4.78 is 0.850. The molecule has 0 heterocycles. The van der Waals surface area contributed by atoms with Crippen LogP contribution in [0.25, 0.3) is 0 Å². The predicted molar refractivity (Wildman–Crippen MR) is 97.7 cm³/mol. The van der Waals surface area contributed by atoms with E-state index >= 15 is 0 Å². The summed E-state index contributed by atoms with van der Waals surface area (Å²) in [6.45, 7) is 4.41. The molecule has 0 fully saturated rings. The van der Waals surface area contributed by atoms with E-state index in [-0.39, 0.29) is 0 Å². The zero-order valence-corrected chi connectivity index (χ0v) is 16.4. The normalized spacial score (nSPS) is 16.5. The Labute approximate surface area is 141 Å². The molecule has 0 rings (SSSR count). The molecule has 3 atom stereocenters. The summed E-state index contributed by atoms with van der Waals surface area (Å²) >= 11 is 12.4. The van der Waals surface area contributed by atoms with Gasteiger partial charge in [0.15, 0.2) is 0 Å². The van der Waals surface area contributed by atoms with Crippen LogP contribution in [0.4, 0.5) is 0 Å². The van der Waals surface area contributed by atoms with Gasteiger partial charge in [0.2, 0.25) is 0 Å². The summed E-state index contributed by atoms with van der Waals surface area (Å²) in [6, 6.07) is 0. The molecule has 0 saturated carbocycles. The van der Waals surface area contributed by atoms with Crippen LogP contribution < -0.4 is 0 Å². The first kappa shape index (κ1) is 19.5. The third-order valence-corrected chi connectivity index (χ3v) is 6.15. The van der Waals surface area contributed by atoms with E-state index in [1.54, 1.807) is 0 Å². The Bertz CT molecular complexity index is 176. The Morgan fingerprint density at radius 3 is 2.11 bits per heavy atom. The lowest BCUT2D eigenvalue weighted by Crippen LogP contribution is -2.10. The molecule has 0 nitrogen and oxygen atoms in total. The molecule has 3 heteroatoms. The largest absolute Gasteiger partial charge is 0.122 e. The maximum absolute atomic E-state index is 6.23. The lowest BCUT2D eigenvalue weighted by Gasteiger charge is -2.13. The van der Waals surface area contributed by atoms with Gasteiger partial charge in [-0.3, -0.25) is 0 Å². The highest BCUT2D eigenvalue weighted by atomic mass is 127. The van der Waals surface area contributed by atoms with Crippen LogP contribution in [0.3, 0.4) is 0 Å². The van der Waals surface area contributed by atoms with Crippen molar-refractivity contribution in [3.05, 3.63) is 0 Å². The third-order valence-electron chi connectivity index (χ3n) is 3.37. The van der Waals surface area contributed by atoms with Gasteiger partial charge < -0.3 is 0 Å². The maximum Gasteiger partial charge on any atom is 0.0458 e. The van der Waals surface area contributed by atoms with Crippen LogP contribution in [0, 0.1) is 0 Å². The van der Waals surface area contributed by atoms with Crippen LogP contribution >= 0.6 is 50.1 Å². The van der Waals surface area contributed by atoms with Crippen molar-refractivity contribution >= 4 is 50.1 Å². The van der Waals surface area contributed by atoms with Crippen molar-refractivity contribution in [1.82, 2.24) is 0 Å². The first-order chi connectivity index (χ1) is 8.57. The summed E-state index contributed by atoms with van der Waals surface area (Å²) in [4.78, 5) is 0.436. The highest BCUT2D eigenvalue weighted by Crippen LogP contribution is 2.22. The van der Waals surface area contributed by atoms with Gasteiger partial charge in [-0.2, -0.15) is 0 Å². The molecule has 3 unspecified atom stereocenters. The number of rotatable bonds is 12. The Balaban J connectivity index is 3.29. The van der Waals surface area contributed by atoms with Gasteiger partial charge >= 0.3 is 0 Å². The molecule has 0 aliphatic rings. The predicted octanol–water partition coefficient (Wildman–Crippen LogP) is 7.10. The molecule has 0 radical (unpaired) electrons. The first-order valence-corrected chi connectivity index (χ1v) is 10.1. The van der Waals surface area contributed by atoms with Crippen LogP contribution in [0.5, 0.6) is 0 Å². The molecule has 0 aliphatic carbocycles. The van der Waals surface area contributed by atoms with E-state index in [1.807, 2.05) is 0 Å². The Morgan fingerprint density at radius 1 is 0.944 bits per heavy atom. The van der Waals surface area contributed by atoms with Crippen molar-refractivity contribution in [2.24, 2.45) is 0 Å². The summed E-state index contributed by atoms with van der Waals surface area (Å²) in [7, 11) is 0. The van der Waals surface area contributed by atoms with Crippen LogP contribution in [0.1, 0.15) is 78.1 Å². The maximum atomic E-state index is 6.23. The van der Waals surface area contributed by atoms with Crippen LogP contribution in [0.2, 0.25) is 0 Å². The second-order valence-electron chi connectivity index (χ2n) is 5.28. The molecule has 0 aromatic rings. The minimum Gasteiger partial charge on any atom is -0.122 e. The van der Waals surface area contributed by atoms with Crippen molar-refractivity contribution in [1.29, 1.82) is 0 Å². The molecule has 18 heavy (non-hydrogen) atoms. The number of halogens is 3. The molecule has 0 aromatic heterocycles. The summed E-state index contributed by atoms with van der Waals surface area (Å²) in [6.07, 6.45) is 13.6. The smallest absolute Gasteiger partial charge is 0.0458 e. The number of hydrogen-bond donors (Lipinski definition) is 0. The molecular formula is C15H29BrClI. The van der Waals surface area contributed by atoms with Gasteiger partial charge in [0.25, 0.3) is 0 Å². The zero-order valence-electron chi connectivity index (χ0n) is 11.9. The van der Waals surface area contributed by atoms with Crippen molar-refractivity contribution in [3.63, 3.8) is 0 Å². The molecule has 0 aromatic carbocycles. The fourth-order valence-corrected chi connectivity index (χ4v) is 3.35. The number of unbranched alkanes of at least 4 members (excludes halogenated alkanes) is 5. The van der Waals surface area contributed by atoms with Gasteiger partial charge in [-0.15, -0.1) is 11.6 Å². The summed E-state index contributed by atoms with van der Waals surface area (Å²) in [5.74, 6) is 0. The molecule has 0 amide bonds. The van der Waals surface area contributed by atoms with Gasteiger partial charge in [0, 0.05) is 14.1 Å². The van der Waals surface area contributed by atoms with Crippen molar-refractivity contribution in [2.75, 3.05) is 0 Å². The van der Waals surface area contributed by atoms with Crippen LogP contribution in [-0.2, 0) is 0 Å². The Hall–Kier alpha value is 1.50. The van der Waals surface area contributed by atoms with E-state index in [4.69, 9.17) is 11.6 Å². The standard InChI is InChI=1S/C15H29BrClI/c1-3-4-5-6-7-8-10-14(18)11-9-12-15(17)13(2)16/h13-15H,3-12H2,1-2H3. The van der Waals surface area contributed by atoms with E-state index in [1.165, 1.54) is 57.8 Å². The van der Waals surface area contributed by atoms with Gasteiger partial charge in [-0.1, -0.05) is 97.3 Å². The van der Waals surface area contributed by atoms with Crippen molar-refractivity contribution in [2.45, 2.75) is 92.2 Å². The highest BCUT2D eigenvalue weighted by molar-refractivity contribution is 14.1. The van der Waals surface area contributed by atoms with E-state index in [9.17, 15) is 0 Å². The van der Waals surface area contributed by atoms with Gasteiger partial charge in [-0.25, -0.2) is 0 Å². The van der Waals surface area contributed by atoms with Crippen LogP contribution in [0.15, 0.2) is 0 Å². The van der Waals surface area contributed by atoms with E-state index in [2.05, 4.69) is 52.4 Å².